The van der Waals surface area contributed by atoms with E-state index in [0.717, 1.165) is 0 Å². The maximum Gasteiger partial charge on any atom is 0.242 e. The minimum Gasteiger partial charge on any atom is -0.270 e. The van der Waals surface area contributed by atoms with Crippen LogP contribution in [-0.2, 0) is 6.42 Å². The molecule has 8 heteroatoms. The van der Waals surface area contributed by atoms with Gasteiger partial charge in [0.25, 0.3) is 0 Å². The van der Waals surface area contributed by atoms with Crippen LogP contribution in [0.3, 0.4) is 0 Å². The first kappa shape index (κ1) is 17.2. The highest BCUT2D eigenvalue weighted by Gasteiger charge is 2.33. The van der Waals surface area contributed by atoms with Crippen LogP contribution < -0.4 is 0 Å². The van der Waals surface area contributed by atoms with Crippen LogP contribution in [0, 0.1) is 23.3 Å². The Hall–Kier alpha value is -0.890. The van der Waals surface area contributed by atoms with Gasteiger partial charge in [-0.25, -0.2) is 26.3 Å². The highest BCUT2D eigenvalue weighted by molar-refractivity contribution is 8.30. The number of benzene rings is 1. The molecule has 1 nitrogen and oxygen atoms in total. The smallest absolute Gasteiger partial charge is 0.242 e. The van der Waals surface area contributed by atoms with Crippen LogP contribution in [0.2, 0.25) is 0 Å². The Morgan fingerprint density at radius 3 is 1.75 bits per heavy atom. The van der Waals surface area contributed by atoms with Crippen LogP contribution in [0.15, 0.2) is 4.90 Å². The highest BCUT2D eigenvalue weighted by Crippen LogP contribution is 2.54. The fraction of sp³-hybridized carbons (Fsp3) is 0.500. The van der Waals surface area contributed by atoms with E-state index in [1.807, 2.05) is 0 Å². The van der Waals surface area contributed by atoms with Crippen molar-refractivity contribution < 1.29 is 26.3 Å². The summed E-state index contributed by atoms with van der Waals surface area (Å²) in [7, 11) is 0.788. The molecule has 0 radical (unpaired) electrons. The molecule has 0 fully saturated rings. The molecule has 0 aliphatic heterocycles. The van der Waals surface area contributed by atoms with Gasteiger partial charge in [0, 0.05) is 16.9 Å². The summed E-state index contributed by atoms with van der Waals surface area (Å²) >= 11 is 0. The Morgan fingerprint density at radius 1 is 0.900 bits per heavy atom. The average molecular weight is 319 g/mol. The lowest BCUT2D eigenvalue weighted by Gasteiger charge is -2.40. The SMILES string of the molecule is CN(C)S(C)(C)c1c(F)c(F)c(F)c(F)c1CC(F)F. The van der Waals surface area contributed by atoms with E-state index in [9.17, 15) is 26.3 Å². The maximum absolute atomic E-state index is 14.0. The number of hydrogen-bond acceptors (Lipinski definition) is 1. The van der Waals surface area contributed by atoms with Gasteiger partial charge >= 0.3 is 0 Å². The topological polar surface area (TPSA) is 3.24 Å². The van der Waals surface area contributed by atoms with Gasteiger partial charge in [0.2, 0.25) is 6.43 Å². The van der Waals surface area contributed by atoms with Gasteiger partial charge in [-0.15, -0.1) is 0 Å². The van der Waals surface area contributed by atoms with Crippen LogP contribution in [-0.4, -0.2) is 37.3 Å². The van der Waals surface area contributed by atoms with Gasteiger partial charge in [-0.2, -0.15) is 10.2 Å². The predicted molar refractivity (Wildman–Crippen MR) is 67.4 cm³/mol. The molecule has 1 rings (SSSR count). The lowest BCUT2D eigenvalue weighted by molar-refractivity contribution is 0.146. The fourth-order valence-corrected chi connectivity index (χ4v) is 3.37. The van der Waals surface area contributed by atoms with Crippen molar-refractivity contribution in [3.63, 3.8) is 0 Å². The Morgan fingerprint density at radius 2 is 1.35 bits per heavy atom. The summed E-state index contributed by atoms with van der Waals surface area (Å²) in [6, 6.07) is 0. The van der Waals surface area contributed by atoms with Gasteiger partial charge in [0.15, 0.2) is 23.3 Å². The van der Waals surface area contributed by atoms with Gasteiger partial charge in [-0.05, 0) is 26.6 Å². The lowest BCUT2D eigenvalue weighted by atomic mass is 10.1. The number of alkyl halides is 2. The molecule has 116 valence electrons. The molecule has 0 atom stereocenters. The Bertz CT molecular complexity index is 515. The van der Waals surface area contributed by atoms with E-state index in [0.29, 0.717) is 0 Å². The second-order valence-corrected chi connectivity index (χ2v) is 8.43. The number of hydrogen-bond donors (Lipinski definition) is 0. The minimum atomic E-state index is -3.00. The normalized spacial score (nSPS) is 13.4. The number of nitrogens with zero attached hydrogens (tertiary/aromatic N) is 1. The van der Waals surface area contributed by atoms with Gasteiger partial charge < -0.3 is 0 Å². The Kier molecular flexibility index (Phi) is 5.02. The largest absolute Gasteiger partial charge is 0.270 e. The summed E-state index contributed by atoms with van der Waals surface area (Å²) in [6.45, 7) is 0. The first-order valence-electron chi connectivity index (χ1n) is 5.55. The molecule has 0 aliphatic rings. The van der Waals surface area contributed by atoms with Crippen molar-refractivity contribution in [1.82, 2.24) is 4.31 Å². The first-order chi connectivity index (χ1) is 9.01. The van der Waals surface area contributed by atoms with E-state index in [4.69, 9.17) is 0 Å². The highest BCUT2D eigenvalue weighted by atomic mass is 32.3. The molecular weight excluding hydrogens is 304 g/mol. The molecule has 0 saturated carbocycles. The second kappa shape index (κ2) is 5.85. The van der Waals surface area contributed by atoms with E-state index in [1.54, 1.807) is 0 Å². The quantitative estimate of drug-likeness (QED) is 0.461. The van der Waals surface area contributed by atoms with Crippen LogP contribution in [0.1, 0.15) is 5.56 Å². The lowest BCUT2D eigenvalue weighted by Crippen LogP contribution is -2.23. The molecule has 0 unspecified atom stereocenters. The van der Waals surface area contributed by atoms with E-state index in [1.165, 1.54) is 30.9 Å². The summed E-state index contributed by atoms with van der Waals surface area (Å²) in [5, 5.41) is 0. The zero-order valence-electron chi connectivity index (χ0n) is 11.4. The van der Waals surface area contributed by atoms with E-state index >= 15 is 0 Å². The van der Waals surface area contributed by atoms with Crippen molar-refractivity contribution in [3.8, 4) is 0 Å². The molecular formula is C12H15F6NS. The molecule has 0 heterocycles. The second-order valence-electron chi connectivity index (χ2n) is 4.74. The Balaban J connectivity index is 3.71. The number of halogens is 6. The fourth-order valence-electron chi connectivity index (χ4n) is 1.70. The van der Waals surface area contributed by atoms with E-state index in [-0.39, 0.29) is 0 Å². The summed E-state index contributed by atoms with van der Waals surface area (Å²) in [4.78, 5) is -0.515. The van der Waals surface area contributed by atoms with Crippen molar-refractivity contribution in [1.29, 1.82) is 0 Å². The van der Waals surface area contributed by atoms with Crippen LogP contribution >= 0.6 is 10.2 Å². The van der Waals surface area contributed by atoms with Gasteiger partial charge in [-0.3, -0.25) is 4.31 Å². The molecule has 0 aromatic heterocycles. The molecule has 0 aliphatic carbocycles. The molecule has 0 saturated heterocycles. The van der Waals surface area contributed by atoms with E-state index in [2.05, 4.69) is 0 Å². The molecule has 1 aromatic carbocycles. The molecule has 20 heavy (non-hydrogen) atoms. The monoisotopic (exact) mass is 319 g/mol. The first-order valence-corrected chi connectivity index (χ1v) is 7.96. The van der Waals surface area contributed by atoms with Crippen molar-refractivity contribution in [3.05, 3.63) is 28.8 Å². The van der Waals surface area contributed by atoms with Gasteiger partial charge in [0.05, 0.1) is 0 Å². The average Bonchev–Trinajstić information content (AvgIpc) is 2.32. The molecule has 0 N–H and O–H groups in total. The standard InChI is InChI=1S/C12H15F6NS/c1-19(2)20(3,4)12-6(5-7(13)14)8(15)9(16)10(17)11(12)18/h7H,5H2,1-4H3. The molecule has 0 bridgehead atoms. The third kappa shape index (κ3) is 2.90. The maximum atomic E-state index is 14.0. The summed E-state index contributed by atoms with van der Waals surface area (Å²) in [5.41, 5.74) is -0.801. The summed E-state index contributed by atoms with van der Waals surface area (Å²) in [6.07, 6.45) is -1.20. The van der Waals surface area contributed by atoms with Gasteiger partial charge in [-0.1, -0.05) is 0 Å². The van der Waals surface area contributed by atoms with Crippen molar-refractivity contribution in [2.24, 2.45) is 0 Å². The van der Waals surface area contributed by atoms with Crippen molar-refractivity contribution >= 4 is 10.2 Å². The zero-order chi connectivity index (χ0) is 15.8. The third-order valence-electron chi connectivity index (χ3n) is 3.09. The zero-order valence-corrected chi connectivity index (χ0v) is 12.2. The van der Waals surface area contributed by atoms with E-state index < -0.39 is 56.8 Å². The summed E-state index contributed by atoms with van der Waals surface area (Å²) < 4.78 is 80.9. The molecule has 1 aromatic rings. The third-order valence-corrected chi connectivity index (χ3v) is 6.34. The molecule has 0 amide bonds. The van der Waals surface area contributed by atoms with Crippen LogP contribution in [0.4, 0.5) is 26.3 Å². The van der Waals surface area contributed by atoms with Crippen molar-refractivity contribution in [2.45, 2.75) is 17.7 Å². The minimum absolute atomic E-state index is 0.515. The summed E-state index contributed by atoms with van der Waals surface area (Å²) in [5.74, 6) is -7.39. The van der Waals surface area contributed by atoms with Crippen LogP contribution in [0.5, 0.6) is 0 Å². The van der Waals surface area contributed by atoms with Crippen LogP contribution in [0.25, 0.3) is 0 Å². The Labute approximate surface area is 115 Å². The van der Waals surface area contributed by atoms with Crippen molar-refractivity contribution in [2.75, 3.05) is 26.6 Å². The number of rotatable bonds is 4. The molecule has 0 spiro atoms. The predicted octanol–water partition coefficient (Wildman–Crippen LogP) is 3.95. The van der Waals surface area contributed by atoms with Gasteiger partial charge in [0.1, 0.15) is 0 Å².